The Hall–Kier alpha value is -4.02. The molecule has 11 heteroatoms. The molecule has 210 valence electrons. The standard InChI is InChI=1S/C30H26ClF2N5O3/c1-34-21-9-20(32)27(33)25-16(21)8-22-26(25)28(37-6-5-15-11-36(2)13-24(15)37)18(10-35-22)14-3-4-23-19(31)7-17(30(40)41)29(39)38(23)12-14/h3-4,7,9-10,12,15,24,34H,5-6,8,11,13H2,1-2H3,(H,40,41)/t15-,24?/m0/s1. The summed E-state index contributed by atoms with van der Waals surface area (Å²) in [5.41, 5.74) is 3.76. The van der Waals surface area contributed by atoms with Gasteiger partial charge in [-0.1, -0.05) is 17.7 Å². The summed E-state index contributed by atoms with van der Waals surface area (Å²) in [4.78, 5) is 34.2. The molecule has 0 saturated carbocycles. The second-order valence-electron chi connectivity index (χ2n) is 11.1. The highest BCUT2D eigenvalue weighted by Crippen LogP contribution is 2.52. The number of carboxylic acid groups (broad SMARTS) is 1. The van der Waals surface area contributed by atoms with Crippen LogP contribution in [0.25, 0.3) is 27.8 Å². The SMILES string of the molecule is CNc1cc(F)c(F)c2c1Cc1ncc(-c3ccc4c(Cl)cc(C(=O)O)c(=O)n4c3)c(N3CC[C@H]4CN(C)CC43)c1-2. The van der Waals surface area contributed by atoms with Crippen molar-refractivity contribution in [2.45, 2.75) is 18.9 Å². The normalized spacial score (nSPS) is 19.5. The van der Waals surface area contributed by atoms with Gasteiger partial charge in [-0.15, -0.1) is 0 Å². The van der Waals surface area contributed by atoms with Gasteiger partial charge in [-0.2, -0.15) is 0 Å². The molecule has 0 radical (unpaired) electrons. The van der Waals surface area contributed by atoms with Crippen molar-refractivity contribution in [3.63, 3.8) is 0 Å². The fourth-order valence-corrected chi connectivity index (χ4v) is 7.23. The molecule has 0 amide bonds. The number of fused-ring (bicyclic) bond motifs is 5. The highest BCUT2D eigenvalue weighted by atomic mass is 35.5. The zero-order valence-corrected chi connectivity index (χ0v) is 23.1. The Kier molecular flexibility index (Phi) is 5.85. The molecule has 3 aromatic heterocycles. The lowest BCUT2D eigenvalue weighted by Crippen LogP contribution is -2.35. The van der Waals surface area contributed by atoms with Gasteiger partial charge in [0.15, 0.2) is 11.6 Å². The van der Waals surface area contributed by atoms with Crippen LogP contribution in [0.15, 0.2) is 41.5 Å². The van der Waals surface area contributed by atoms with Gasteiger partial charge in [0, 0.05) is 85.5 Å². The van der Waals surface area contributed by atoms with E-state index in [4.69, 9.17) is 16.6 Å². The maximum Gasteiger partial charge on any atom is 0.341 e. The number of likely N-dealkylation sites (N-methyl/N-ethyl adjacent to an activating group) is 1. The van der Waals surface area contributed by atoms with Crippen LogP contribution in [-0.4, -0.2) is 65.1 Å². The molecule has 4 aromatic rings. The van der Waals surface area contributed by atoms with E-state index in [1.807, 2.05) is 0 Å². The van der Waals surface area contributed by atoms with Crippen molar-refractivity contribution < 1.29 is 18.7 Å². The zero-order valence-electron chi connectivity index (χ0n) is 22.3. The van der Waals surface area contributed by atoms with Crippen molar-refractivity contribution in [1.82, 2.24) is 14.3 Å². The monoisotopic (exact) mass is 577 g/mol. The minimum atomic E-state index is -1.38. The van der Waals surface area contributed by atoms with Gasteiger partial charge in [0.05, 0.1) is 21.9 Å². The summed E-state index contributed by atoms with van der Waals surface area (Å²) in [7, 11) is 3.76. The first-order chi connectivity index (χ1) is 19.7. The van der Waals surface area contributed by atoms with Crippen LogP contribution in [0.1, 0.15) is 28.0 Å². The quantitative estimate of drug-likeness (QED) is 0.319. The summed E-state index contributed by atoms with van der Waals surface area (Å²) in [6, 6.07) is 5.95. The van der Waals surface area contributed by atoms with Crippen LogP contribution >= 0.6 is 11.6 Å². The largest absolute Gasteiger partial charge is 0.477 e. The number of likely N-dealkylation sites (tertiary alicyclic amines) is 1. The molecule has 0 bridgehead atoms. The van der Waals surface area contributed by atoms with Crippen LogP contribution in [0, 0.1) is 17.6 Å². The molecule has 0 spiro atoms. The molecule has 3 aliphatic rings. The minimum absolute atomic E-state index is 0.128. The van der Waals surface area contributed by atoms with Crippen molar-refractivity contribution >= 4 is 34.5 Å². The van der Waals surface area contributed by atoms with Gasteiger partial charge >= 0.3 is 5.97 Å². The third-order valence-corrected chi connectivity index (χ3v) is 9.10. The number of carboxylic acids is 1. The number of aromatic nitrogens is 2. The molecule has 2 saturated heterocycles. The van der Waals surface area contributed by atoms with Crippen molar-refractivity contribution in [3.8, 4) is 22.3 Å². The molecule has 2 N–H and O–H groups in total. The Morgan fingerprint density at radius 3 is 2.76 bits per heavy atom. The molecule has 2 aliphatic heterocycles. The third-order valence-electron chi connectivity index (χ3n) is 8.79. The van der Waals surface area contributed by atoms with Crippen molar-refractivity contribution in [2.24, 2.45) is 5.92 Å². The van der Waals surface area contributed by atoms with Gasteiger partial charge in [0.2, 0.25) is 0 Å². The van der Waals surface area contributed by atoms with Crippen LogP contribution in [0.2, 0.25) is 5.02 Å². The number of anilines is 2. The van der Waals surface area contributed by atoms with Gasteiger partial charge in [-0.3, -0.25) is 14.2 Å². The lowest BCUT2D eigenvalue weighted by atomic mass is 9.96. The predicted octanol–water partition coefficient (Wildman–Crippen LogP) is 4.74. The smallest absolute Gasteiger partial charge is 0.341 e. The molecule has 2 fully saturated rings. The molecule has 41 heavy (non-hydrogen) atoms. The fraction of sp³-hybridized carbons (Fsp3) is 0.300. The Morgan fingerprint density at radius 1 is 1.20 bits per heavy atom. The summed E-state index contributed by atoms with van der Waals surface area (Å²) in [5.74, 6) is -2.80. The van der Waals surface area contributed by atoms with Crippen LogP contribution in [0.5, 0.6) is 0 Å². The molecule has 1 unspecified atom stereocenters. The summed E-state index contributed by atoms with van der Waals surface area (Å²) >= 11 is 6.35. The van der Waals surface area contributed by atoms with Gasteiger partial charge in [-0.05, 0) is 37.1 Å². The summed E-state index contributed by atoms with van der Waals surface area (Å²) in [6.45, 7) is 2.52. The predicted molar refractivity (Wildman–Crippen MR) is 153 cm³/mol. The first-order valence-electron chi connectivity index (χ1n) is 13.4. The highest BCUT2D eigenvalue weighted by molar-refractivity contribution is 6.34. The highest BCUT2D eigenvalue weighted by Gasteiger charge is 2.43. The Balaban J connectivity index is 1.52. The van der Waals surface area contributed by atoms with E-state index in [0.29, 0.717) is 51.5 Å². The average Bonchev–Trinajstić information content (AvgIpc) is 3.64. The van der Waals surface area contributed by atoms with E-state index in [0.717, 1.165) is 37.8 Å². The number of pyridine rings is 3. The molecule has 7 rings (SSSR count). The summed E-state index contributed by atoms with van der Waals surface area (Å²) < 4.78 is 31.8. The lowest BCUT2D eigenvalue weighted by Gasteiger charge is -2.31. The van der Waals surface area contributed by atoms with Gasteiger partial charge in [0.25, 0.3) is 5.56 Å². The van der Waals surface area contributed by atoms with E-state index in [1.165, 1.54) is 10.5 Å². The van der Waals surface area contributed by atoms with E-state index in [1.54, 1.807) is 31.6 Å². The van der Waals surface area contributed by atoms with Crippen LogP contribution in [0.4, 0.5) is 20.2 Å². The van der Waals surface area contributed by atoms with Crippen molar-refractivity contribution in [2.75, 3.05) is 43.9 Å². The van der Waals surface area contributed by atoms with Crippen molar-refractivity contribution in [1.29, 1.82) is 0 Å². The third kappa shape index (κ3) is 3.77. The van der Waals surface area contributed by atoms with Crippen LogP contribution in [0.3, 0.4) is 0 Å². The van der Waals surface area contributed by atoms with Crippen LogP contribution in [-0.2, 0) is 6.42 Å². The number of aromatic carboxylic acids is 1. The second-order valence-corrected chi connectivity index (χ2v) is 11.5. The zero-order chi connectivity index (χ0) is 28.7. The Labute approximate surface area is 238 Å². The Bertz CT molecular complexity index is 1860. The van der Waals surface area contributed by atoms with E-state index in [2.05, 4.69) is 22.2 Å². The van der Waals surface area contributed by atoms with Crippen molar-refractivity contribution in [3.05, 3.63) is 80.5 Å². The molecule has 2 atom stereocenters. The average molecular weight is 578 g/mol. The molecule has 1 aliphatic carbocycles. The lowest BCUT2D eigenvalue weighted by molar-refractivity contribution is 0.0694. The maximum atomic E-state index is 15.7. The number of hydrogen-bond donors (Lipinski definition) is 2. The van der Waals surface area contributed by atoms with Gasteiger partial charge in [-0.25, -0.2) is 13.6 Å². The van der Waals surface area contributed by atoms with E-state index in [-0.39, 0.29) is 16.6 Å². The fourth-order valence-electron chi connectivity index (χ4n) is 6.96. The first kappa shape index (κ1) is 25.9. The number of nitrogens with zero attached hydrogens (tertiary/aromatic N) is 4. The van der Waals surface area contributed by atoms with Gasteiger partial charge < -0.3 is 20.2 Å². The maximum absolute atomic E-state index is 15.7. The molecular weight excluding hydrogens is 552 g/mol. The number of nitrogens with one attached hydrogen (secondary N) is 1. The van der Waals surface area contributed by atoms with E-state index in [9.17, 15) is 19.1 Å². The van der Waals surface area contributed by atoms with E-state index < -0.39 is 28.7 Å². The van der Waals surface area contributed by atoms with E-state index >= 15 is 4.39 Å². The number of carbonyl (C=O) groups is 1. The van der Waals surface area contributed by atoms with Gasteiger partial charge in [0.1, 0.15) is 5.56 Å². The summed E-state index contributed by atoms with van der Waals surface area (Å²) in [6.07, 6.45) is 4.57. The topological polar surface area (TPSA) is 90.2 Å². The molecular formula is C30H26ClF2N5O3. The number of benzene rings is 1. The molecule has 5 heterocycles. The first-order valence-corrected chi connectivity index (χ1v) is 13.8. The minimum Gasteiger partial charge on any atom is -0.477 e. The molecule has 1 aromatic carbocycles. The number of halogens is 3. The second kappa shape index (κ2) is 9.25. The number of rotatable bonds is 4. The molecule has 8 nitrogen and oxygen atoms in total. The number of hydrogen-bond acceptors (Lipinski definition) is 6. The Morgan fingerprint density at radius 2 is 2.00 bits per heavy atom. The summed E-state index contributed by atoms with van der Waals surface area (Å²) in [5, 5.41) is 12.7. The van der Waals surface area contributed by atoms with Crippen LogP contribution < -0.4 is 15.8 Å².